The van der Waals surface area contributed by atoms with E-state index in [1.54, 1.807) is 0 Å². The van der Waals surface area contributed by atoms with E-state index in [4.69, 9.17) is 9.84 Å². The van der Waals surface area contributed by atoms with Gasteiger partial charge in [-0.3, -0.25) is 4.79 Å². The van der Waals surface area contributed by atoms with Gasteiger partial charge in [0, 0.05) is 12.2 Å². The molecular weight excluding hydrogens is 290 g/mol. The second-order valence-corrected chi connectivity index (χ2v) is 5.98. The maximum absolute atomic E-state index is 12.0. The lowest BCUT2D eigenvalue weighted by molar-refractivity contribution is -0.147. The van der Waals surface area contributed by atoms with Gasteiger partial charge in [0.25, 0.3) is 0 Å². The molecule has 1 atom stereocenters. The van der Waals surface area contributed by atoms with Crippen molar-refractivity contribution in [1.82, 2.24) is 4.90 Å². The average Bonchev–Trinajstić information content (AvgIpc) is 2.95. The Labute approximate surface area is 128 Å². The first-order chi connectivity index (χ1) is 10.1. The number of nitrogens with zero attached hydrogens (tertiary/aromatic N) is 1. The molecule has 0 saturated carbocycles. The molecule has 114 valence electrons. The summed E-state index contributed by atoms with van der Waals surface area (Å²) in [7, 11) is 0. The number of ether oxygens (including phenoxy) is 1. The van der Waals surface area contributed by atoms with E-state index in [9.17, 15) is 9.59 Å². The van der Waals surface area contributed by atoms with Gasteiger partial charge in [0.15, 0.2) is 0 Å². The zero-order valence-electron chi connectivity index (χ0n) is 11.9. The molecule has 2 rings (SSSR count). The van der Waals surface area contributed by atoms with E-state index < -0.39 is 12.0 Å². The average molecular weight is 309 g/mol. The molecular formula is C15H19NO4S. The lowest BCUT2D eigenvalue weighted by Crippen LogP contribution is -2.41. The molecule has 1 N–H and O–H groups in total. The van der Waals surface area contributed by atoms with Gasteiger partial charge in [-0.25, -0.2) is 4.79 Å². The van der Waals surface area contributed by atoms with Gasteiger partial charge in [-0.2, -0.15) is 0 Å². The molecule has 0 aromatic heterocycles. The Morgan fingerprint density at radius 1 is 1.38 bits per heavy atom. The summed E-state index contributed by atoms with van der Waals surface area (Å²) >= 11 is 1.48. The number of aliphatic carboxylic acids is 1. The molecule has 1 amide bonds. The van der Waals surface area contributed by atoms with Crippen molar-refractivity contribution < 1.29 is 19.4 Å². The number of benzene rings is 1. The Hall–Kier alpha value is -1.69. The summed E-state index contributed by atoms with van der Waals surface area (Å²) in [6, 6.07) is 7.06. The first kappa shape index (κ1) is 15.7. The molecule has 21 heavy (non-hydrogen) atoms. The molecule has 1 fully saturated rings. The lowest BCUT2D eigenvalue weighted by Gasteiger charge is -2.20. The van der Waals surface area contributed by atoms with E-state index in [-0.39, 0.29) is 5.91 Å². The molecule has 1 aromatic carbocycles. The fraction of sp³-hybridized carbons (Fsp3) is 0.467. The highest BCUT2D eigenvalue weighted by molar-refractivity contribution is 7.99. The maximum atomic E-state index is 12.0. The van der Waals surface area contributed by atoms with Crippen molar-refractivity contribution in [3.63, 3.8) is 0 Å². The van der Waals surface area contributed by atoms with Crippen molar-refractivity contribution in [3.05, 3.63) is 29.8 Å². The first-order valence-electron chi connectivity index (χ1n) is 6.87. The number of carboxylic acid groups (broad SMARTS) is 1. The van der Waals surface area contributed by atoms with Gasteiger partial charge >= 0.3 is 5.97 Å². The van der Waals surface area contributed by atoms with Crippen LogP contribution in [0.4, 0.5) is 0 Å². The number of aryl methyl sites for hydroxylation is 1. The van der Waals surface area contributed by atoms with Crippen LogP contribution < -0.4 is 4.74 Å². The summed E-state index contributed by atoms with van der Waals surface area (Å²) < 4.78 is 5.56. The largest absolute Gasteiger partial charge is 0.494 e. The van der Waals surface area contributed by atoms with Gasteiger partial charge in [-0.15, -0.1) is 11.8 Å². The van der Waals surface area contributed by atoms with Crippen LogP contribution >= 0.6 is 11.8 Å². The normalized spacial score (nSPS) is 17.8. The predicted octanol–water partition coefficient (Wildman–Crippen LogP) is 2.14. The quantitative estimate of drug-likeness (QED) is 0.816. The van der Waals surface area contributed by atoms with Crippen LogP contribution in [-0.4, -0.2) is 46.2 Å². The molecule has 1 saturated heterocycles. The van der Waals surface area contributed by atoms with Gasteiger partial charge in [0.2, 0.25) is 5.91 Å². The summed E-state index contributed by atoms with van der Waals surface area (Å²) in [5, 5.41) is 9.04. The first-order valence-corrected chi connectivity index (χ1v) is 8.03. The van der Waals surface area contributed by atoms with Crippen LogP contribution in [0, 0.1) is 6.92 Å². The molecule has 5 nitrogen and oxygen atoms in total. The second-order valence-electron chi connectivity index (χ2n) is 4.98. The highest BCUT2D eigenvalue weighted by Gasteiger charge is 2.33. The van der Waals surface area contributed by atoms with Crippen LogP contribution in [0.1, 0.15) is 18.4 Å². The molecule has 0 spiro atoms. The van der Waals surface area contributed by atoms with Crippen molar-refractivity contribution >= 4 is 23.6 Å². The van der Waals surface area contributed by atoms with Gasteiger partial charge in [0.1, 0.15) is 11.8 Å². The summed E-state index contributed by atoms with van der Waals surface area (Å²) in [5.41, 5.74) is 1.17. The fourth-order valence-corrected chi connectivity index (χ4v) is 3.26. The third kappa shape index (κ3) is 4.39. The highest BCUT2D eigenvalue weighted by atomic mass is 32.2. The van der Waals surface area contributed by atoms with Crippen LogP contribution in [0.5, 0.6) is 5.75 Å². The molecule has 0 aliphatic carbocycles. The van der Waals surface area contributed by atoms with Gasteiger partial charge in [0.05, 0.1) is 12.5 Å². The number of amides is 1. The van der Waals surface area contributed by atoms with E-state index in [1.807, 2.05) is 31.2 Å². The molecule has 1 unspecified atom stereocenters. The fourth-order valence-electron chi connectivity index (χ4n) is 2.08. The van der Waals surface area contributed by atoms with Crippen LogP contribution in [0.2, 0.25) is 0 Å². The Bertz CT molecular complexity index is 503. The lowest BCUT2D eigenvalue weighted by atomic mass is 10.2. The Morgan fingerprint density at radius 2 is 2.10 bits per heavy atom. The molecule has 1 aromatic rings. The zero-order chi connectivity index (χ0) is 15.2. The van der Waals surface area contributed by atoms with E-state index in [0.29, 0.717) is 31.1 Å². The van der Waals surface area contributed by atoms with Gasteiger partial charge < -0.3 is 14.7 Å². The minimum absolute atomic E-state index is 0.111. The predicted molar refractivity (Wildman–Crippen MR) is 81.5 cm³/mol. The number of carbonyl (C=O) groups excluding carboxylic acids is 1. The number of rotatable bonds is 6. The van der Waals surface area contributed by atoms with Gasteiger partial charge in [-0.1, -0.05) is 17.7 Å². The SMILES string of the molecule is Cc1ccc(OCCCC(=O)N2CSCC2C(=O)O)cc1. The van der Waals surface area contributed by atoms with Crippen molar-refractivity contribution in [2.45, 2.75) is 25.8 Å². The molecule has 1 aliphatic heterocycles. The molecule has 1 heterocycles. The van der Waals surface area contributed by atoms with Crippen LogP contribution in [0.15, 0.2) is 24.3 Å². The standard InChI is InChI=1S/C15H19NO4S/c1-11-4-6-12(7-5-11)20-8-2-3-14(17)16-10-21-9-13(16)15(18)19/h4-7,13H,2-3,8-10H2,1H3,(H,18,19). The van der Waals surface area contributed by atoms with Crippen molar-refractivity contribution in [2.24, 2.45) is 0 Å². The van der Waals surface area contributed by atoms with E-state index in [2.05, 4.69) is 0 Å². The Kier molecular flexibility index (Phi) is 5.50. The number of carboxylic acids is 1. The minimum Gasteiger partial charge on any atom is -0.494 e. The Morgan fingerprint density at radius 3 is 2.76 bits per heavy atom. The van der Waals surface area contributed by atoms with E-state index in [1.165, 1.54) is 22.2 Å². The molecule has 0 bridgehead atoms. The van der Waals surface area contributed by atoms with Crippen LogP contribution in [0.25, 0.3) is 0 Å². The Balaban J connectivity index is 1.72. The minimum atomic E-state index is -0.927. The second kappa shape index (κ2) is 7.36. The summed E-state index contributed by atoms with van der Waals surface area (Å²) in [5.74, 6) is 0.688. The monoisotopic (exact) mass is 309 g/mol. The molecule has 6 heteroatoms. The molecule has 0 radical (unpaired) electrons. The van der Waals surface area contributed by atoms with Crippen molar-refractivity contribution in [2.75, 3.05) is 18.2 Å². The molecule has 1 aliphatic rings. The number of hydrogen-bond acceptors (Lipinski definition) is 4. The van der Waals surface area contributed by atoms with E-state index in [0.717, 1.165) is 5.75 Å². The van der Waals surface area contributed by atoms with Gasteiger partial charge in [-0.05, 0) is 25.5 Å². The van der Waals surface area contributed by atoms with E-state index >= 15 is 0 Å². The number of hydrogen-bond donors (Lipinski definition) is 1. The summed E-state index contributed by atoms with van der Waals surface area (Å²) in [4.78, 5) is 24.5. The highest BCUT2D eigenvalue weighted by Crippen LogP contribution is 2.22. The summed E-state index contributed by atoms with van der Waals surface area (Å²) in [6.45, 7) is 2.46. The zero-order valence-corrected chi connectivity index (χ0v) is 12.8. The maximum Gasteiger partial charge on any atom is 0.327 e. The number of carbonyl (C=O) groups is 2. The summed E-state index contributed by atoms with van der Waals surface area (Å²) in [6.07, 6.45) is 0.899. The van der Waals surface area contributed by atoms with Crippen molar-refractivity contribution in [3.8, 4) is 5.75 Å². The topological polar surface area (TPSA) is 66.8 Å². The third-order valence-corrected chi connectivity index (χ3v) is 4.32. The van der Waals surface area contributed by atoms with Crippen molar-refractivity contribution in [1.29, 1.82) is 0 Å². The van der Waals surface area contributed by atoms with Crippen LogP contribution in [0.3, 0.4) is 0 Å². The van der Waals surface area contributed by atoms with Crippen LogP contribution in [-0.2, 0) is 9.59 Å². The number of thioether (sulfide) groups is 1. The third-order valence-electron chi connectivity index (χ3n) is 3.31. The smallest absolute Gasteiger partial charge is 0.327 e.